The quantitative estimate of drug-likeness (QED) is 0.738. The number of benzene rings is 1. The van der Waals surface area contributed by atoms with Gasteiger partial charge in [0, 0.05) is 12.0 Å². The summed E-state index contributed by atoms with van der Waals surface area (Å²) < 4.78 is 0. The van der Waals surface area contributed by atoms with E-state index in [2.05, 4.69) is 9.97 Å². The van der Waals surface area contributed by atoms with Crippen LogP contribution in [0.1, 0.15) is 25.7 Å². The maximum atomic E-state index is 12.1. The molecule has 0 amide bonds. The molecule has 3 N–H and O–H groups in total. The highest BCUT2D eigenvalue weighted by atomic mass is 16.3. The molecule has 6 nitrogen and oxygen atoms in total. The van der Waals surface area contributed by atoms with E-state index in [0.29, 0.717) is 23.3 Å². The second kappa shape index (κ2) is 6.56. The minimum atomic E-state index is -0.597. The summed E-state index contributed by atoms with van der Waals surface area (Å²) >= 11 is 0. The minimum absolute atomic E-state index is 0.109. The maximum Gasteiger partial charge on any atom is 0.258 e. The standard InChI is InChI=1S/C16H23N3O3/c1-11(19(3)8-16(2,9-20)10-21)14-17-13-7-5-4-6-12(13)15(22)18-14/h4-7,11,20-21H,8-10H2,1-3H3,(H,17,18,22). The van der Waals surface area contributed by atoms with Crippen molar-refractivity contribution in [3.05, 3.63) is 40.4 Å². The predicted molar refractivity (Wildman–Crippen MR) is 85.7 cm³/mol. The second-order valence-corrected chi connectivity index (χ2v) is 6.19. The maximum absolute atomic E-state index is 12.1. The molecular formula is C16H23N3O3. The molecule has 1 heterocycles. The molecular weight excluding hydrogens is 282 g/mol. The Balaban J connectivity index is 2.29. The number of H-pyrrole nitrogens is 1. The molecule has 0 saturated heterocycles. The van der Waals surface area contributed by atoms with Gasteiger partial charge in [-0.05, 0) is 26.1 Å². The molecule has 0 spiro atoms. The highest BCUT2D eigenvalue weighted by molar-refractivity contribution is 5.77. The zero-order chi connectivity index (χ0) is 16.3. The Labute approximate surface area is 129 Å². The minimum Gasteiger partial charge on any atom is -0.396 e. The van der Waals surface area contributed by atoms with Crippen LogP contribution in [-0.4, -0.2) is 51.9 Å². The summed E-state index contributed by atoms with van der Waals surface area (Å²) in [7, 11) is 1.88. The van der Waals surface area contributed by atoms with Gasteiger partial charge in [0.2, 0.25) is 0 Å². The molecule has 0 aliphatic heterocycles. The summed E-state index contributed by atoms with van der Waals surface area (Å²) in [5.41, 5.74) is -0.0957. The number of fused-ring (bicyclic) bond motifs is 1. The van der Waals surface area contributed by atoms with E-state index in [4.69, 9.17) is 0 Å². The topological polar surface area (TPSA) is 89.5 Å². The molecule has 0 aliphatic carbocycles. The van der Waals surface area contributed by atoms with E-state index >= 15 is 0 Å². The van der Waals surface area contributed by atoms with Gasteiger partial charge in [0.15, 0.2) is 0 Å². The molecule has 0 radical (unpaired) electrons. The predicted octanol–water partition coefficient (Wildman–Crippen LogP) is 0.907. The van der Waals surface area contributed by atoms with Crippen molar-refractivity contribution in [1.82, 2.24) is 14.9 Å². The number of para-hydroxylation sites is 1. The first-order valence-corrected chi connectivity index (χ1v) is 7.31. The number of aromatic nitrogens is 2. The van der Waals surface area contributed by atoms with Gasteiger partial charge in [-0.2, -0.15) is 0 Å². The summed E-state index contributed by atoms with van der Waals surface area (Å²) in [5.74, 6) is 0.574. The largest absolute Gasteiger partial charge is 0.396 e. The fourth-order valence-corrected chi connectivity index (χ4v) is 2.40. The molecule has 120 valence electrons. The van der Waals surface area contributed by atoms with Gasteiger partial charge in [-0.3, -0.25) is 9.69 Å². The van der Waals surface area contributed by atoms with Crippen molar-refractivity contribution in [3.63, 3.8) is 0 Å². The number of hydrogen-bond donors (Lipinski definition) is 3. The van der Waals surface area contributed by atoms with Crippen LogP contribution in [0, 0.1) is 5.41 Å². The number of aromatic amines is 1. The Bertz CT molecular complexity index is 694. The number of aliphatic hydroxyl groups excluding tert-OH is 2. The third-order valence-electron chi connectivity index (χ3n) is 4.08. The highest BCUT2D eigenvalue weighted by Crippen LogP contribution is 2.22. The van der Waals surface area contributed by atoms with E-state index < -0.39 is 5.41 Å². The average Bonchev–Trinajstić information content (AvgIpc) is 2.53. The zero-order valence-electron chi connectivity index (χ0n) is 13.2. The summed E-state index contributed by atoms with van der Waals surface area (Å²) in [4.78, 5) is 21.4. The van der Waals surface area contributed by atoms with Gasteiger partial charge >= 0.3 is 0 Å². The second-order valence-electron chi connectivity index (χ2n) is 6.19. The van der Waals surface area contributed by atoms with Crippen LogP contribution in [-0.2, 0) is 0 Å². The molecule has 22 heavy (non-hydrogen) atoms. The van der Waals surface area contributed by atoms with Crippen molar-refractivity contribution in [2.75, 3.05) is 26.8 Å². The highest BCUT2D eigenvalue weighted by Gasteiger charge is 2.27. The lowest BCUT2D eigenvalue weighted by molar-refractivity contribution is 0.0317. The third-order valence-corrected chi connectivity index (χ3v) is 4.08. The Kier molecular flexibility index (Phi) is 4.95. The van der Waals surface area contributed by atoms with E-state index in [-0.39, 0.29) is 24.8 Å². The van der Waals surface area contributed by atoms with Crippen molar-refractivity contribution in [1.29, 1.82) is 0 Å². The van der Waals surface area contributed by atoms with Gasteiger partial charge in [0.1, 0.15) is 5.82 Å². The van der Waals surface area contributed by atoms with Gasteiger partial charge in [-0.15, -0.1) is 0 Å². The van der Waals surface area contributed by atoms with Crippen molar-refractivity contribution in [3.8, 4) is 0 Å². The summed E-state index contributed by atoms with van der Waals surface area (Å²) in [5, 5.41) is 19.4. The van der Waals surface area contributed by atoms with Crippen LogP contribution in [0.25, 0.3) is 10.9 Å². The molecule has 0 aliphatic rings. The monoisotopic (exact) mass is 305 g/mol. The van der Waals surface area contributed by atoms with Crippen molar-refractivity contribution < 1.29 is 10.2 Å². The van der Waals surface area contributed by atoms with Gasteiger partial charge in [0.25, 0.3) is 5.56 Å². The molecule has 0 fully saturated rings. The molecule has 0 saturated carbocycles. The number of rotatable bonds is 6. The average molecular weight is 305 g/mol. The Hall–Kier alpha value is -1.76. The van der Waals surface area contributed by atoms with Crippen molar-refractivity contribution >= 4 is 10.9 Å². The summed E-state index contributed by atoms with van der Waals surface area (Å²) in [6.07, 6.45) is 0. The first-order valence-electron chi connectivity index (χ1n) is 7.31. The van der Waals surface area contributed by atoms with E-state index in [1.54, 1.807) is 6.07 Å². The summed E-state index contributed by atoms with van der Waals surface area (Å²) in [6.45, 7) is 4.01. The Morgan fingerprint density at radius 1 is 1.32 bits per heavy atom. The lowest BCUT2D eigenvalue weighted by Crippen LogP contribution is -2.40. The summed E-state index contributed by atoms with van der Waals surface area (Å²) in [6, 6.07) is 7.07. The van der Waals surface area contributed by atoms with Crippen LogP contribution < -0.4 is 5.56 Å². The van der Waals surface area contributed by atoms with E-state index in [1.807, 2.05) is 44.0 Å². The zero-order valence-corrected chi connectivity index (χ0v) is 13.2. The van der Waals surface area contributed by atoms with Gasteiger partial charge in [0.05, 0.1) is 30.2 Å². The lowest BCUT2D eigenvalue weighted by atomic mass is 9.92. The lowest BCUT2D eigenvalue weighted by Gasteiger charge is -2.33. The molecule has 2 aromatic rings. The van der Waals surface area contributed by atoms with E-state index in [1.165, 1.54) is 0 Å². The normalized spacial score (nSPS) is 13.7. The Morgan fingerprint density at radius 3 is 2.59 bits per heavy atom. The van der Waals surface area contributed by atoms with E-state index in [0.717, 1.165) is 0 Å². The van der Waals surface area contributed by atoms with Crippen LogP contribution in [0.5, 0.6) is 0 Å². The smallest absolute Gasteiger partial charge is 0.258 e. The van der Waals surface area contributed by atoms with Crippen LogP contribution in [0.2, 0.25) is 0 Å². The number of nitrogens with zero attached hydrogens (tertiary/aromatic N) is 2. The fraction of sp³-hybridized carbons (Fsp3) is 0.500. The molecule has 1 unspecified atom stereocenters. The van der Waals surface area contributed by atoms with Gasteiger partial charge in [-0.1, -0.05) is 19.1 Å². The molecule has 6 heteroatoms. The van der Waals surface area contributed by atoms with Crippen molar-refractivity contribution in [2.24, 2.45) is 5.41 Å². The first-order chi connectivity index (χ1) is 10.4. The van der Waals surface area contributed by atoms with Crippen molar-refractivity contribution in [2.45, 2.75) is 19.9 Å². The third kappa shape index (κ3) is 3.35. The van der Waals surface area contributed by atoms with Crippen LogP contribution in [0.3, 0.4) is 0 Å². The van der Waals surface area contributed by atoms with E-state index in [9.17, 15) is 15.0 Å². The molecule has 1 atom stereocenters. The molecule has 2 rings (SSSR count). The van der Waals surface area contributed by atoms with Crippen LogP contribution in [0.4, 0.5) is 0 Å². The van der Waals surface area contributed by atoms with Gasteiger partial charge < -0.3 is 15.2 Å². The van der Waals surface area contributed by atoms with Gasteiger partial charge in [-0.25, -0.2) is 4.98 Å². The first kappa shape index (κ1) is 16.6. The number of nitrogens with one attached hydrogen (secondary N) is 1. The molecule has 1 aromatic carbocycles. The SMILES string of the molecule is CC(c1nc2ccccc2c(=O)[nH]1)N(C)CC(C)(CO)CO. The Morgan fingerprint density at radius 2 is 1.95 bits per heavy atom. The van der Waals surface area contributed by atoms with Crippen LogP contribution in [0.15, 0.2) is 29.1 Å². The molecule has 0 bridgehead atoms. The van der Waals surface area contributed by atoms with Crippen LogP contribution >= 0.6 is 0 Å². The number of aliphatic hydroxyl groups is 2. The molecule has 1 aromatic heterocycles. The number of hydrogen-bond acceptors (Lipinski definition) is 5. The fourth-order valence-electron chi connectivity index (χ4n) is 2.40.